The molecule has 0 spiro atoms. The Hall–Kier alpha value is -3.67. The summed E-state index contributed by atoms with van der Waals surface area (Å²) in [4.78, 5) is 24.7. The summed E-state index contributed by atoms with van der Waals surface area (Å²) in [6.07, 6.45) is 1.35. The number of hydrogen-bond donors (Lipinski definition) is 1. The van der Waals surface area contributed by atoms with Crippen LogP contribution >= 0.6 is 0 Å². The van der Waals surface area contributed by atoms with E-state index in [0.717, 1.165) is 0 Å². The maximum absolute atomic E-state index is 13.9. The Bertz CT molecular complexity index is 1020. The lowest BCUT2D eigenvalue weighted by Crippen LogP contribution is -2.35. The van der Waals surface area contributed by atoms with Gasteiger partial charge < -0.3 is 4.42 Å². The van der Waals surface area contributed by atoms with Crippen LogP contribution in [0.25, 0.3) is 17.4 Å². The van der Waals surface area contributed by atoms with Crippen molar-refractivity contribution < 1.29 is 18.4 Å². The van der Waals surface area contributed by atoms with Crippen molar-refractivity contribution in [2.45, 2.75) is 0 Å². The van der Waals surface area contributed by atoms with Crippen LogP contribution in [-0.2, 0) is 9.59 Å². The maximum Gasteiger partial charge on any atom is 0.282 e. The van der Waals surface area contributed by atoms with Gasteiger partial charge in [0.25, 0.3) is 11.8 Å². The number of halogens is 1. The number of nitrogens with one attached hydrogen (secondary N) is 1. The van der Waals surface area contributed by atoms with Gasteiger partial charge in [-0.05, 0) is 42.5 Å². The Labute approximate surface area is 148 Å². The van der Waals surface area contributed by atoms with E-state index >= 15 is 0 Å². The molecule has 4 rings (SSSR count). The molecule has 0 saturated carbocycles. The van der Waals surface area contributed by atoms with Crippen molar-refractivity contribution in [1.29, 1.82) is 0 Å². The molecule has 1 fully saturated rings. The van der Waals surface area contributed by atoms with Crippen molar-refractivity contribution >= 4 is 23.6 Å². The highest BCUT2D eigenvalue weighted by Gasteiger charge is 2.34. The van der Waals surface area contributed by atoms with Crippen LogP contribution in [0, 0.1) is 5.82 Å². The topological polar surface area (TPSA) is 62.6 Å². The third-order valence-corrected chi connectivity index (χ3v) is 3.96. The minimum absolute atomic E-state index is 0.0525. The van der Waals surface area contributed by atoms with Crippen LogP contribution in [-0.4, -0.2) is 11.8 Å². The number of nitrogens with zero attached hydrogens (tertiary/aromatic N) is 1. The first-order valence-electron chi connectivity index (χ1n) is 7.90. The molecule has 3 aromatic rings. The Morgan fingerprint density at radius 3 is 2.42 bits per heavy atom. The second-order valence-corrected chi connectivity index (χ2v) is 5.66. The highest BCUT2D eigenvalue weighted by molar-refractivity contribution is 6.31. The van der Waals surface area contributed by atoms with E-state index in [4.69, 9.17) is 4.42 Å². The van der Waals surface area contributed by atoms with Crippen molar-refractivity contribution in [3.63, 3.8) is 0 Å². The molecular weight excluding hydrogens is 335 g/mol. The van der Waals surface area contributed by atoms with Gasteiger partial charge in [-0.1, -0.05) is 30.3 Å². The molecular formula is C20H13FN2O3. The zero-order valence-electron chi connectivity index (χ0n) is 13.5. The summed E-state index contributed by atoms with van der Waals surface area (Å²) in [7, 11) is 0. The Morgan fingerprint density at radius 1 is 0.923 bits per heavy atom. The quantitative estimate of drug-likeness (QED) is 0.582. The van der Waals surface area contributed by atoms with Gasteiger partial charge in [-0.15, -0.1) is 0 Å². The fraction of sp³-hybridized carbons (Fsp3) is 0. The van der Waals surface area contributed by atoms with Crippen LogP contribution in [0.15, 0.2) is 76.7 Å². The standard InChI is InChI=1S/C20H13FN2O3/c21-17-9-5-4-8-15(17)18-11-10-14(26-18)12-16-19(24)22-23(20(16)25)13-6-2-1-3-7-13/h1-12H,(H,22,24)/b16-12+. The summed E-state index contributed by atoms with van der Waals surface area (Å²) >= 11 is 0. The van der Waals surface area contributed by atoms with Crippen molar-refractivity contribution in [2.24, 2.45) is 0 Å². The maximum atomic E-state index is 13.9. The van der Waals surface area contributed by atoms with E-state index in [1.165, 1.54) is 17.2 Å². The molecule has 0 atom stereocenters. The fourth-order valence-corrected chi connectivity index (χ4v) is 2.69. The van der Waals surface area contributed by atoms with Crippen LogP contribution in [0.1, 0.15) is 5.76 Å². The average Bonchev–Trinajstić information content (AvgIpc) is 3.23. The molecule has 26 heavy (non-hydrogen) atoms. The zero-order valence-corrected chi connectivity index (χ0v) is 13.5. The lowest BCUT2D eigenvalue weighted by molar-refractivity contribution is -0.117. The van der Waals surface area contributed by atoms with Crippen molar-refractivity contribution in [2.75, 3.05) is 5.01 Å². The van der Waals surface area contributed by atoms with Gasteiger partial charge in [0.15, 0.2) is 0 Å². The molecule has 2 heterocycles. The smallest absolute Gasteiger partial charge is 0.282 e. The number of rotatable bonds is 3. The molecule has 1 aliphatic rings. The predicted octanol–water partition coefficient (Wildman–Crippen LogP) is 3.55. The van der Waals surface area contributed by atoms with E-state index in [0.29, 0.717) is 17.0 Å². The van der Waals surface area contributed by atoms with E-state index in [2.05, 4.69) is 5.43 Å². The first-order chi connectivity index (χ1) is 12.6. The number of para-hydroxylation sites is 1. The first kappa shape index (κ1) is 15.8. The minimum atomic E-state index is -0.525. The highest BCUT2D eigenvalue weighted by Crippen LogP contribution is 2.27. The number of furan rings is 1. The van der Waals surface area contributed by atoms with Gasteiger partial charge in [0.05, 0.1) is 11.3 Å². The van der Waals surface area contributed by atoms with Crippen molar-refractivity contribution in [1.82, 2.24) is 5.43 Å². The SMILES string of the molecule is O=C1NN(c2ccccc2)C(=O)/C1=C/c1ccc(-c2ccccc2F)o1. The summed E-state index contributed by atoms with van der Waals surface area (Å²) in [6, 6.07) is 18.2. The van der Waals surface area contributed by atoms with Gasteiger partial charge in [-0.3, -0.25) is 15.0 Å². The lowest BCUT2D eigenvalue weighted by atomic mass is 10.1. The van der Waals surface area contributed by atoms with Gasteiger partial charge in [0, 0.05) is 0 Å². The van der Waals surface area contributed by atoms with E-state index in [-0.39, 0.29) is 11.3 Å². The second-order valence-electron chi connectivity index (χ2n) is 5.66. The Kier molecular flexibility index (Phi) is 3.85. The molecule has 1 aromatic heterocycles. The minimum Gasteiger partial charge on any atom is -0.457 e. The van der Waals surface area contributed by atoms with Crippen molar-refractivity contribution in [3.8, 4) is 11.3 Å². The molecule has 2 amide bonds. The molecule has 5 nitrogen and oxygen atoms in total. The Balaban J connectivity index is 1.64. The normalized spacial score (nSPS) is 15.6. The van der Waals surface area contributed by atoms with E-state index < -0.39 is 17.6 Å². The third-order valence-electron chi connectivity index (χ3n) is 3.96. The van der Waals surface area contributed by atoms with Gasteiger partial charge in [-0.2, -0.15) is 0 Å². The number of hydrogen-bond acceptors (Lipinski definition) is 3. The van der Waals surface area contributed by atoms with E-state index in [1.807, 2.05) is 6.07 Å². The molecule has 2 aromatic carbocycles. The summed E-state index contributed by atoms with van der Waals surface area (Å²) in [5, 5.41) is 1.18. The molecule has 1 N–H and O–H groups in total. The predicted molar refractivity (Wildman–Crippen MR) is 94.1 cm³/mol. The summed E-state index contributed by atoms with van der Waals surface area (Å²) < 4.78 is 19.4. The second kappa shape index (κ2) is 6.33. The number of carbonyl (C=O) groups is 2. The molecule has 0 radical (unpaired) electrons. The van der Waals surface area contributed by atoms with Crippen molar-refractivity contribution in [3.05, 3.63) is 83.9 Å². The van der Waals surface area contributed by atoms with Gasteiger partial charge in [-0.25, -0.2) is 9.40 Å². The number of carbonyl (C=O) groups excluding carboxylic acids is 2. The molecule has 0 bridgehead atoms. The van der Waals surface area contributed by atoms with Gasteiger partial charge >= 0.3 is 0 Å². The monoisotopic (exact) mass is 348 g/mol. The summed E-state index contributed by atoms with van der Waals surface area (Å²) in [6.45, 7) is 0. The molecule has 1 saturated heterocycles. The molecule has 1 aliphatic heterocycles. The molecule has 0 unspecified atom stereocenters. The number of anilines is 1. The van der Waals surface area contributed by atoms with Crippen LogP contribution < -0.4 is 10.4 Å². The summed E-state index contributed by atoms with van der Waals surface area (Å²) in [5.74, 6) is -0.809. The molecule has 6 heteroatoms. The van der Waals surface area contributed by atoms with Crippen LogP contribution in [0.2, 0.25) is 0 Å². The van der Waals surface area contributed by atoms with E-state index in [9.17, 15) is 14.0 Å². The number of hydrazine groups is 1. The largest absolute Gasteiger partial charge is 0.457 e. The zero-order chi connectivity index (χ0) is 18.1. The molecule has 128 valence electrons. The van der Waals surface area contributed by atoms with Gasteiger partial charge in [0.1, 0.15) is 22.9 Å². The number of amides is 2. The molecule has 0 aliphatic carbocycles. The average molecular weight is 348 g/mol. The van der Waals surface area contributed by atoms with Gasteiger partial charge in [0.2, 0.25) is 0 Å². The summed E-state index contributed by atoms with van der Waals surface area (Å²) in [5.41, 5.74) is 3.33. The van der Waals surface area contributed by atoms with Crippen LogP contribution in [0.4, 0.5) is 10.1 Å². The Morgan fingerprint density at radius 2 is 1.65 bits per heavy atom. The highest BCUT2D eigenvalue weighted by atomic mass is 19.1. The van der Waals surface area contributed by atoms with E-state index in [1.54, 1.807) is 54.6 Å². The number of benzene rings is 2. The fourth-order valence-electron chi connectivity index (χ4n) is 2.69. The lowest BCUT2D eigenvalue weighted by Gasteiger charge is -2.13. The first-order valence-corrected chi connectivity index (χ1v) is 7.90. The van der Waals surface area contributed by atoms with Crippen LogP contribution in [0.5, 0.6) is 0 Å². The van der Waals surface area contributed by atoms with Crippen LogP contribution in [0.3, 0.4) is 0 Å². The third kappa shape index (κ3) is 2.77.